The predicted octanol–water partition coefficient (Wildman–Crippen LogP) is 5.13. The van der Waals surface area contributed by atoms with Crippen LogP contribution in [0.1, 0.15) is 85.5 Å². The molecule has 4 fully saturated rings. The molecule has 0 bridgehead atoms. The number of cyclic esters (lactones) is 1. The number of carbonyl (C=O) groups excluding carboxylic acids is 3. The molecule has 6 rings (SSSR count). The first kappa shape index (κ1) is 37.8. The molecule has 50 heavy (non-hydrogen) atoms. The van der Waals surface area contributed by atoms with Gasteiger partial charge in [-0.25, -0.2) is 0 Å². The Kier molecular flexibility index (Phi) is 12.3. The molecule has 0 aromatic carbocycles. The molecular formula is C39H58O11. The van der Waals surface area contributed by atoms with Crippen molar-refractivity contribution in [3.63, 3.8) is 0 Å². The molecule has 280 valence electrons. The highest BCUT2D eigenvalue weighted by atomic mass is 16.7. The van der Waals surface area contributed by atoms with Crippen molar-refractivity contribution in [3.8, 4) is 0 Å². The second kappa shape index (κ2) is 16.4. The van der Waals surface area contributed by atoms with E-state index in [0.29, 0.717) is 31.3 Å². The van der Waals surface area contributed by atoms with Crippen molar-refractivity contribution in [2.75, 3.05) is 21.3 Å². The monoisotopic (exact) mass is 702 g/mol. The third kappa shape index (κ3) is 7.70. The van der Waals surface area contributed by atoms with E-state index in [-0.39, 0.29) is 90.2 Å². The summed E-state index contributed by atoms with van der Waals surface area (Å²) in [6.45, 7) is 7.70. The number of Topliss-reactive ketones (excluding diaryl/α,β-unsaturated/α-hetero) is 2. The van der Waals surface area contributed by atoms with Crippen LogP contribution in [-0.4, -0.2) is 100 Å². The lowest BCUT2D eigenvalue weighted by molar-refractivity contribution is -0.314. The molecule has 11 heteroatoms. The minimum atomic E-state index is -0.608. The molecule has 1 saturated carbocycles. The number of hydrogen-bond acceptors (Lipinski definition) is 11. The van der Waals surface area contributed by atoms with Crippen molar-refractivity contribution in [2.24, 2.45) is 35.5 Å². The number of rotatable bonds is 8. The summed E-state index contributed by atoms with van der Waals surface area (Å²) in [6.07, 6.45) is 8.60. The minimum absolute atomic E-state index is 0.0163. The van der Waals surface area contributed by atoms with Crippen LogP contribution in [0, 0.1) is 35.5 Å². The Labute approximate surface area is 297 Å². The molecule has 16 atom stereocenters. The standard InChI is InChI=1S/C39H58O11/c1-8-24-10-9-11-32(50-34-15-14-31(40)21(3)46-34)20(2)35(42)30-18-28-26(29(30)19-33(41)48-24)13-12-23-16-25(17-27(23)28)49-39-38(45-7)37(44-6)36(43-5)22(4)47-39/h12-13,18,20-29,32,34,36-39H,8-11,14-17,19H2,1-7H3/t20-,21-,22+,23-,24+,25-,26-,27-,28-,29+,32+,34+,36+,37-,38-,39+/m1/s1. The Balaban J connectivity index is 1.21. The normalized spacial score (nSPS) is 45.5. The van der Waals surface area contributed by atoms with Crippen LogP contribution in [0.3, 0.4) is 0 Å². The smallest absolute Gasteiger partial charge is 0.306 e. The summed E-state index contributed by atoms with van der Waals surface area (Å²) in [5.41, 5.74) is 0.715. The molecule has 0 N–H and O–H groups in total. The average molecular weight is 703 g/mol. The second-order valence-electron chi connectivity index (χ2n) is 15.3. The predicted molar refractivity (Wildman–Crippen MR) is 182 cm³/mol. The van der Waals surface area contributed by atoms with E-state index >= 15 is 0 Å². The molecule has 3 heterocycles. The van der Waals surface area contributed by atoms with Gasteiger partial charge in [-0.1, -0.05) is 32.1 Å². The number of hydrogen-bond donors (Lipinski definition) is 0. The van der Waals surface area contributed by atoms with Gasteiger partial charge in [-0.05, 0) is 81.6 Å². The van der Waals surface area contributed by atoms with Gasteiger partial charge < -0.3 is 37.9 Å². The van der Waals surface area contributed by atoms with Gasteiger partial charge in [0.1, 0.15) is 30.5 Å². The highest BCUT2D eigenvalue weighted by Crippen LogP contribution is 2.54. The number of methoxy groups -OCH3 is 3. The highest BCUT2D eigenvalue weighted by Gasteiger charge is 2.52. The van der Waals surface area contributed by atoms with Crippen molar-refractivity contribution >= 4 is 17.5 Å². The van der Waals surface area contributed by atoms with E-state index < -0.39 is 30.7 Å². The van der Waals surface area contributed by atoms with Gasteiger partial charge in [0.05, 0.1) is 24.7 Å². The summed E-state index contributed by atoms with van der Waals surface area (Å²) in [7, 11) is 4.94. The number of ketones is 2. The summed E-state index contributed by atoms with van der Waals surface area (Å²) in [6, 6.07) is 0. The second-order valence-corrected chi connectivity index (χ2v) is 15.3. The molecule has 0 radical (unpaired) electrons. The number of allylic oxidation sites excluding steroid dienone is 4. The van der Waals surface area contributed by atoms with Crippen LogP contribution in [0.4, 0.5) is 0 Å². The third-order valence-corrected chi connectivity index (χ3v) is 12.4. The molecular weight excluding hydrogens is 644 g/mol. The van der Waals surface area contributed by atoms with E-state index in [1.807, 2.05) is 20.8 Å². The highest BCUT2D eigenvalue weighted by molar-refractivity contribution is 5.99. The first-order valence-corrected chi connectivity index (χ1v) is 18.9. The Morgan fingerprint density at radius 2 is 1.60 bits per heavy atom. The van der Waals surface area contributed by atoms with Gasteiger partial charge >= 0.3 is 5.97 Å². The zero-order valence-electron chi connectivity index (χ0n) is 30.8. The van der Waals surface area contributed by atoms with Crippen LogP contribution in [-0.2, 0) is 52.3 Å². The summed E-state index contributed by atoms with van der Waals surface area (Å²) < 4.78 is 48.7. The van der Waals surface area contributed by atoms with Crippen LogP contribution in [0.15, 0.2) is 23.8 Å². The summed E-state index contributed by atoms with van der Waals surface area (Å²) >= 11 is 0. The summed E-state index contributed by atoms with van der Waals surface area (Å²) in [4.78, 5) is 40.1. The van der Waals surface area contributed by atoms with Gasteiger partial charge in [-0.2, -0.15) is 0 Å². The molecule has 0 amide bonds. The van der Waals surface area contributed by atoms with Gasteiger partial charge in [0, 0.05) is 46.0 Å². The molecule has 6 aliphatic rings. The SMILES string of the molecule is CC[C@H]1CCC[C@H](O[C@H]2CCC(=O)[C@@H](C)O2)[C@@H](C)C(=O)C2=C[C@@H]3[C@@H](C=C[C@@H]4C[C@@H](O[C@@H]5O[C@@H](C)[C@H](OC)[C@@H](OC)[C@H]5OC)C[C@@H]34)[C@@H]2CC(=O)O1. The molecule has 3 saturated heterocycles. The molecule has 11 nitrogen and oxygen atoms in total. The van der Waals surface area contributed by atoms with Crippen LogP contribution in [0.2, 0.25) is 0 Å². The number of esters is 1. The van der Waals surface area contributed by atoms with Crippen molar-refractivity contribution in [1.82, 2.24) is 0 Å². The largest absolute Gasteiger partial charge is 0.462 e. The van der Waals surface area contributed by atoms with Crippen LogP contribution in [0.5, 0.6) is 0 Å². The lowest BCUT2D eigenvalue weighted by Crippen LogP contribution is -2.59. The Morgan fingerprint density at radius 1 is 0.840 bits per heavy atom. The fourth-order valence-corrected chi connectivity index (χ4v) is 9.62. The van der Waals surface area contributed by atoms with E-state index in [2.05, 4.69) is 18.2 Å². The van der Waals surface area contributed by atoms with Crippen LogP contribution < -0.4 is 0 Å². The van der Waals surface area contributed by atoms with Gasteiger partial charge in [-0.15, -0.1) is 0 Å². The first-order valence-electron chi connectivity index (χ1n) is 18.9. The van der Waals surface area contributed by atoms with Crippen molar-refractivity contribution in [3.05, 3.63) is 23.8 Å². The van der Waals surface area contributed by atoms with E-state index in [4.69, 9.17) is 37.9 Å². The van der Waals surface area contributed by atoms with Gasteiger partial charge in [0.15, 0.2) is 24.1 Å². The first-order chi connectivity index (χ1) is 24.1. The lowest BCUT2D eigenvalue weighted by Gasteiger charge is -2.44. The molecule has 0 aromatic heterocycles. The average Bonchev–Trinajstić information content (AvgIpc) is 3.68. The lowest BCUT2D eigenvalue weighted by atomic mass is 9.70. The maximum absolute atomic E-state index is 14.5. The Morgan fingerprint density at radius 3 is 2.30 bits per heavy atom. The maximum Gasteiger partial charge on any atom is 0.306 e. The van der Waals surface area contributed by atoms with Gasteiger partial charge in [0.2, 0.25) is 0 Å². The van der Waals surface area contributed by atoms with Crippen LogP contribution >= 0.6 is 0 Å². The number of ether oxygens (including phenoxy) is 8. The molecule has 0 spiro atoms. The van der Waals surface area contributed by atoms with Crippen molar-refractivity contribution in [1.29, 1.82) is 0 Å². The van der Waals surface area contributed by atoms with Gasteiger partial charge in [0.25, 0.3) is 0 Å². The summed E-state index contributed by atoms with van der Waals surface area (Å²) in [5.74, 6) is -0.204. The van der Waals surface area contributed by atoms with Crippen molar-refractivity contribution < 1.29 is 52.3 Å². The third-order valence-electron chi connectivity index (χ3n) is 12.4. The molecule has 3 aliphatic carbocycles. The van der Waals surface area contributed by atoms with Crippen molar-refractivity contribution in [2.45, 2.75) is 147 Å². The number of fused-ring (bicyclic) bond motifs is 5. The maximum atomic E-state index is 14.5. The zero-order valence-corrected chi connectivity index (χ0v) is 30.8. The minimum Gasteiger partial charge on any atom is -0.462 e. The molecule has 3 aliphatic heterocycles. The van der Waals surface area contributed by atoms with Gasteiger partial charge in [-0.3, -0.25) is 14.4 Å². The van der Waals surface area contributed by atoms with Crippen LogP contribution in [0.25, 0.3) is 0 Å². The Hall–Kier alpha value is -1.99. The summed E-state index contributed by atoms with van der Waals surface area (Å²) in [5, 5.41) is 0. The topological polar surface area (TPSA) is 125 Å². The van der Waals surface area contributed by atoms with E-state index in [1.54, 1.807) is 28.3 Å². The quantitative estimate of drug-likeness (QED) is 0.247. The van der Waals surface area contributed by atoms with E-state index in [9.17, 15) is 14.4 Å². The zero-order chi connectivity index (χ0) is 35.7. The molecule has 0 aromatic rings. The van der Waals surface area contributed by atoms with E-state index in [1.165, 1.54) is 0 Å². The fraction of sp³-hybridized carbons (Fsp3) is 0.821. The fourth-order valence-electron chi connectivity index (χ4n) is 9.62. The van der Waals surface area contributed by atoms with E-state index in [0.717, 1.165) is 25.7 Å². The number of carbonyl (C=O) groups is 3. The molecule has 0 unspecified atom stereocenters. The Bertz CT molecular complexity index is 1280.